The Hall–Kier alpha value is -5.14. The normalized spacial score (nSPS) is 17.7. The summed E-state index contributed by atoms with van der Waals surface area (Å²) in [6, 6.07) is 13.9. The van der Waals surface area contributed by atoms with Gasteiger partial charge in [-0.15, -0.1) is 5.10 Å². The third-order valence-electron chi connectivity index (χ3n) is 8.66. The fourth-order valence-electron chi connectivity index (χ4n) is 6.19. The van der Waals surface area contributed by atoms with Crippen LogP contribution in [0.5, 0.6) is 0 Å². The highest BCUT2D eigenvalue weighted by Gasteiger charge is 2.38. The van der Waals surface area contributed by atoms with Crippen LogP contribution in [0.3, 0.4) is 0 Å². The second-order valence-corrected chi connectivity index (χ2v) is 12.0. The standard InChI is InChI=1S/C33H32ClFN8O4/c1-40(2)22-14-16-41(18-22)27-5-3-4-24-23(27)15-17-42(31(24)32(45)37-21-8-6-20(7-9-21)33(46)47)29(44)13-10-25-28(43-19-36-38-39-43)12-11-26(34)30(25)35/h3-13,19,22,31H,14-18H2,1-2H3,(H,37,45)(H,46,47)/t22-,31-/m0/s1. The molecular formula is C33H32ClFN8O4. The lowest BCUT2D eigenvalue weighted by molar-refractivity contribution is -0.135. The van der Waals surface area contributed by atoms with Gasteiger partial charge in [0.05, 0.1) is 16.3 Å². The Kier molecular flexibility index (Phi) is 9.01. The van der Waals surface area contributed by atoms with Crippen molar-refractivity contribution in [2.75, 3.05) is 43.9 Å². The van der Waals surface area contributed by atoms with Gasteiger partial charge in [-0.2, -0.15) is 4.68 Å². The Bertz CT molecular complexity index is 1850. The number of tetrazole rings is 1. The lowest BCUT2D eigenvalue weighted by atomic mass is 9.90. The molecule has 1 aromatic heterocycles. The fourth-order valence-corrected chi connectivity index (χ4v) is 6.36. The number of hydrogen-bond donors (Lipinski definition) is 2. The molecule has 3 heterocycles. The molecule has 4 aromatic rings. The van der Waals surface area contributed by atoms with Crippen molar-refractivity contribution in [2.24, 2.45) is 0 Å². The molecule has 0 unspecified atom stereocenters. The Morgan fingerprint density at radius 2 is 1.85 bits per heavy atom. The third kappa shape index (κ3) is 6.44. The van der Waals surface area contributed by atoms with Crippen LogP contribution in [0.4, 0.5) is 15.8 Å². The molecule has 2 N–H and O–H groups in total. The molecule has 2 aliphatic heterocycles. The predicted octanol–water partition coefficient (Wildman–Crippen LogP) is 4.07. The van der Waals surface area contributed by atoms with Crippen LogP contribution in [0.2, 0.25) is 5.02 Å². The minimum Gasteiger partial charge on any atom is -0.478 e. The molecule has 0 bridgehead atoms. The van der Waals surface area contributed by atoms with Crippen LogP contribution in [0.25, 0.3) is 11.8 Å². The van der Waals surface area contributed by atoms with E-state index in [1.165, 1.54) is 64.5 Å². The number of rotatable bonds is 8. The minimum atomic E-state index is -1.09. The molecule has 2 amide bonds. The molecule has 242 valence electrons. The number of likely N-dealkylation sites (N-methyl/N-ethyl adjacent to an activating group) is 1. The first kappa shape index (κ1) is 31.8. The van der Waals surface area contributed by atoms with Gasteiger partial charge in [0, 0.05) is 48.7 Å². The summed E-state index contributed by atoms with van der Waals surface area (Å²) in [5, 5.41) is 23.0. The molecular weight excluding hydrogens is 627 g/mol. The van der Waals surface area contributed by atoms with E-state index >= 15 is 4.39 Å². The second kappa shape index (κ2) is 13.3. The highest BCUT2D eigenvalue weighted by Crippen LogP contribution is 2.38. The molecule has 0 radical (unpaired) electrons. The Labute approximate surface area is 275 Å². The maximum absolute atomic E-state index is 15.2. The van der Waals surface area contributed by atoms with Gasteiger partial charge in [0.15, 0.2) is 5.82 Å². The van der Waals surface area contributed by atoms with Crippen LogP contribution in [0.15, 0.2) is 67.0 Å². The number of carbonyl (C=O) groups is 3. The summed E-state index contributed by atoms with van der Waals surface area (Å²) >= 11 is 6.07. The van der Waals surface area contributed by atoms with E-state index < -0.39 is 29.6 Å². The van der Waals surface area contributed by atoms with E-state index in [1.54, 1.807) is 0 Å². The Morgan fingerprint density at radius 3 is 2.53 bits per heavy atom. The summed E-state index contributed by atoms with van der Waals surface area (Å²) < 4.78 is 16.5. The van der Waals surface area contributed by atoms with E-state index in [2.05, 4.69) is 50.8 Å². The van der Waals surface area contributed by atoms with Crippen molar-refractivity contribution in [2.45, 2.75) is 24.9 Å². The number of nitrogens with one attached hydrogen (secondary N) is 1. The number of hydrogen-bond acceptors (Lipinski definition) is 8. The molecule has 0 spiro atoms. The van der Waals surface area contributed by atoms with Crippen molar-refractivity contribution >= 4 is 46.8 Å². The van der Waals surface area contributed by atoms with Crippen molar-refractivity contribution in [1.82, 2.24) is 30.0 Å². The van der Waals surface area contributed by atoms with E-state index in [0.29, 0.717) is 23.7 Å². The first-order valence-electron chi connectivity index (χ1n) is 15.0. The van der Waals surface area contributed by atoms with Gasteiger partial charge in [-0.05, 0) is 97.0 Å². The van der Waals surface area contributed by atoms with Crippen molar-refractivity contribution in [1.29, 1.82) is 0 Å². The van der Waals surface area contributed by atoms with E-state index in [9.17, 15) is 19.5 Å². The molecule has 1 saturated heterocycles. The largest absolute Gasteiger partial charge is 0.478 e. The topological polar surface area (TPSA) is 137 Å². The number of nitrogens with zero attached hydrogens (tertiary/aromatic N) is 7. The zero-order chi connectivity index (χ0) is 33.2. The van der Waals surface area contributed by atoms with Gasteiger partial charge in [-0.25, -0.2) is 9.18 Å². The van der Waals surface area contributed by atoms with Crippen LogP contribution in [-0.4, -0.2) is 92.7 Å². The van der Waals surface area contributed by atoms with Crippen LogP contribution in [0, 0.1) is 5.82 Å². The molecule has 47 heavy (non-hydrogen) atoms. The summed E-state index contributed by atoms with van der Waals surface area (Å²) in [6.45, 7) is 1.94. The lowest BCUT2D eigenvalue weighted by Gasteiger charge is -2.38. The number of aromatic carboxylic acids is 1. The number of carboxylic acids is 1. The number of amides is 2. The predicted molar refractivity (Wildman–Crippen MR) is 174 cm³/mol. The van der Waals surface area contributed by atoms with Crippen molar-refractivity contribution < 1.29 is 23.9 Å². The van der Waals surface area contributed by atoms with Crippen molar-refractivity contribution in [3.63, 3.8) is 0 Å². The second-order valence-electron chi connectivity index (χ2n) is 11.6. The van der Waals surface area contributed by atoms with Crippen LogP contribution in [0.1, 0.15) is 39.5 Å². The highest BCUT2D eigenvalue weighted by molar-refractivity contribution is 6.31. The van der Waals surface area contributed by atoms with Gasteiger partial charge in [-0.1, -0.05) is 23.7 Å². The van der Waals surface area contributed by atoms with Gasteiger partial charge < -0.3 is 25.1 Å². The summed E-state index contributed by atoms with van der Waals surface area (Å²) in [7, 11) is 4.13. The van der Waals surface area contributed by atoms with Gasteiger partial charge in [0.25, 0.3) is 5.91 Å². The first-order valence-corrected chi connectivity index (χ1v) is 15.4. The van der Waals surface area contributed by atoms with Gasteiger partial charge >= 0.3 is 5.97 Å². The molecule has 6 rings (SSSR count). The molecule has 0 aliphatic carbocycles. The molecule has 2 atom stereocenters. The smallest absolute Gasteiger partial charge is 0.335 e. The van der Waals surface area contributed by atoms with E-state index in [-0.39, 0.29) is 28.4 Å². The average molecular weight is 659 g/mol. The first-order chi connectivity index (χ1) is 22.6. The average Bonchev–Trinajstić information content (AvgIpc) is 3.78. The van der Waals surface area contributed by atoms with Crippen LogP contribution < -0.4 is 10.2 Å². The summed E-state index contributed by atoms with van der Waals surface area (Å²) in [5.74, 6) is -2.82. The molecule has 1 fully saturated rings. The number of benzene rings is 3. The lowest BCUT2D eigenvalue weighted by Crippen LogP contribution is -2.45. The SMILES string of the molecule is CN(C)[C@H]1CCN(c2cccc3c2CCN(C(=O)C=Cc2c(-n4cnnn4)ccc(Cl)c2F)[C@@H]3C(=O)Nc2ccc(C(=O)O)cc2)C1. The van der Waals surface area contributed by atoms with Crippen LogP contribution in [-0.2, 0) is 16.0 Å². The van der Waals surface area contributed by atoms with E-state index in [4.69, 9.17) is 11.6 Å². The number of carbonyl (C=O) groups excluding carboxylic acids is 2. The zero-order valence-corrected chi connectivity index (χ0v) is 26.4. The number of anilines is 2. The summed E-state index contributed by atoms with van der Waals surface area (Å²) in [4.78, 5) is 45.3. The monoisotopic (exact) mass is 658 g/mol. The molecule has 3 aromatic carbocycles. The summed E-state index contributed by atoms with van der Waals surface area (Å²) in [6.07, 6.45) is 5.33. The van der Waals surface area contributed by atoms with Crippen LogP contribution >= 0.6 is 11.6 Å². The number of fused-ring (bicyclic) bond motifs is 1. The number of halogens is 2. The van der Waals surface area contributed by atoms with E-state index in [0.717, 1.165) is 30.8 Å². The van der Waals surface area contributed by atoms with E-state index in [1.807, 2.05) is 12.1 Å². The zero-order valence-electron chi connectivity index (χ0n) is 25.7. The maximum atomic E-state index is 15.2. The van der Waals surface area contributed by atoms with Gasteiger partial charge in [-0.3, -0.25) is 9.59 Å². The number of aromatic nitrogens is 4. The Morgan fingerprint density at radius 1 is 1.06 bits per heavy atom. The molecule has 14 heteroatoms. The minimum absolute atomic E-state index is 0.00171. The maximum Gasteiger partial charge on any atom is 0.335 e. The molecule has 2 aliphatic rings. The van der Waals surface area contributed by atoms with Crippen molar-refractivity contribution in [3.8, 4) is 5.69 Å². The van der Waals surface area contributed by atoms with Gasteiger partial charge in [0.2, 0.25) is 5.91 Å². The molecule has 12 nitrogen and oxygen atoms in total. The quantitative estimate of drug-likeness (QED) is 0.269. The summed E-state index contributed by atoms with van der Waals surface area (Å²) in [5.41, 5.74) is 3.44. The number of carboxylic acid groups (broad SMARTS) is 1. The third-order valence-corrected chi connectivity index (χ3v) is 8.95. The molecule has 0 saturated carbocycles. The van der Waals surface area contributed by atoms with Crippen molar-refractivity contribution in [3.05, 3.63) is 100 Å². The fraction of sp³-hybridized carbons (Fsp3) is 0.273. The highest BCUT2D eigenvalue weighted by atomic mass is 35.5. The van der Waals surface area contributed by atoms with Gasteiger partial charge in [0.1, 0.15) is 12.4 Å². The Balaban J connectivity index is 1.35.